The van der Waals surface area contributed by atoms with E-state index < -0.39 is 0 Å². The molecule has 0 heterocycles. The summed E-state index contributed by atoms with van der Waals surface area (Å²) in [5, 5.41) is 6.60. The van der Waals surface area contributed by atoms with Crippen LogP contribution < -0.4 is 20.1 Å². The molecule has 2 rings (SSSR count). The number of anilines is 1. The Morgan fingerprint density at radius 2 is 1.72 bits per heavy atom. The molecule has 2 aromatic carbocycles. The van der Waals surface area contributed by atoms with Gasteiger partial charge in [0.15, 0.2) is 17.5 Å². The highest BCUT2D eigenvalue weighted by molar-refractivity contribution is 14.0. The molecular formula is C22H32IN3O3. The Labute approximate surface area is 191 Å². The summed E-state index contributed by atoms with van der Waals surface area (Å²) in [6.45, 7) is 7.90. The maximum absolute atomic E-state index is 5.63. The lowest BCUT2D eigenvalue weighted by atomic mass is 10.1. The normalized spacial score (nSPS) is 11.0. The van der Waals surface area contributed by atoms with Crippen LogP contribution in [0.2, 0.25) is 0 Å². The maximum Gasteiger partial charge on any atom is 0.195 e. The molecule has 2 N–H and O–H groups in total. The highest BCUT2D eigenvalue weighted by atomic mass is 127. The predicted octanol–water partition coefficient (Wildman–Crippen LogP) is 4.82. The van der Waals surface area contributed by atoms with E-state index in [0.717, 1.165) is 5.69 Å². The lowest BCUT2D eigenvalue weighted by Gasteiger charge is -2.15. The number of nitrogens with zero attached hydrogens (tertiary/aromatic N) is 1. The Hall–Kier alpha value is -2.00. The molecule has 6 nitrogen and oxygen atoms in total. The molecule has 0 aliphatic carbocycles. The smallest absolute Gasteiger partial charge is 0.195 e. The van der Waals surface area contributed by atoms with Gasteiger partial charge in [-0.15, -0.1) is 24.0 Å². The third-order valence-electron chi connectivity index (χ3n) is 4.02. The van der Waals surface area contributed by atoms with Gasteiger partial charge in [0, 0.05) is 25.3 Å². The Kier molecular flexibility index (Phi) is 11.5. The summed E-state index contributed by atoms with van der Waals surface area (Å²) in [6.07, 6.45) is 0.233. The van der Waals surface area contributed by atoms with Gasteiger partial charge in [-0.25, -0.2) is 0 Å². The molecule has 0 saturated carbocycles. The lowest BCUT2D eigenvalue weighted by molar-refractivity contribution is 0.0657. The Balaban J connectivity index is 0.00000420. The minimum Gasteiger partial charge on any atom is -0.493 e. The zero-order chi connectivity index (χ0) is 20.4. The van der Waals surface area contributed by atoms with Crippen molar-refractivity contribution in [2.45, 2.75) is 40.0 Å². The van der Waals surface area contributed by atoms with E-state index in [-0.39, 0.29) is 30.1 Å². The minimum absolute atomic E-state index is 0. The van der Waals surface area contributed by atoms with Crippen LogP contribution in [0.15, 0.2) is 47.5 Å². The van der Waals surface area contributed by atoms with Crippen molar-refractivity contribution in [2.75, 3.05) is 26.1 Å². The van der Waals surface area contributed by atoms with Crippen LogP contribution in [-0.2, 0) is 17.9 Å². The van der Waals surface area contributed by atoms with Crippen molar-refractivity contribution in [2.24, 2.45) is 4.99 Å². The molecule has 0 aromatic heterocycles. The minimum atomic E-state index is 0. The fourth-order valence-electron chi connectivity index (χ4n) is 2.54. The molecule has 0 atom stereocenters. The topological polar surface area (TPSA) is 64.1 Å². The molecule has 0 unspecified atom stereocenters. The number of halogens is 1. The van der Waals surface area contributed by atoms with Crippen molar-refractivity contribution < 1.29 is 14.2 Å². The summed E-state index contributed by atoms with van der Waals surface area (Å²) >= 11 is 0. The largest absolute Gasteiger partial charge is 0.493 e. The van der Waals surface area contributed by atoms with E-state index in [2.05, 4.69) is 39.9 Å². The second-order valence-electron chi connectivity index (χ2n) is 6.53. The molecule has 0 aliphatic heterocycles. The van der Waals surface area contributed by atoms with Crippen molar-refractivity contribution >= 4 is 35.6 Å². The molecule has 0 fully saturated rings. The number of nitrogens with one attached hydrogen (secondary N) is 2. The van der Waals surface area contributed by atoms with Crippen molar-refractivity contribution in [3.05, 3.63) is 53.6 Å². The van der Waals surface area contributed by atoms with Gasteiger partial charge in [-0.1, -0.05) is 24.3 Å². The van der Waals surface area contributed by atoms with Crippen molar-refractivity contribution in [1.82, 2.24) is 5.32 Å². The van der Waals surface area contributed by atoms with Gasteiger partial charge in [-0.05, 0) is 44.0 Å². The second-order valence-corrected chi connectivity index (χ2v) is 6.53. The molecule has 0 saturated heterocycles. The fourth-order valence-corrected chi connectivity index (χ4v) is 2.54. The second kappa shape index (κ2) is 13.3. The zero-order valence-corrected chi connectivity index (χ0v) is 20.2. The number of ether oxygens (including phenoxy) is 3. The molecule has 0 bridgehead atoms. The van der Waals surface area contributed by atoms with Gasteiger partial charge in [0.1, 0.15) is 0 Å². The van der Waals surface area contributed by atoms with Crippen LogP contribution in [0.1, 0.15) is 31.9 Å². The third kappa shape index (κ3) is 8.49. The molecular weight excluding hydrogens is 481 g/mol. The van der Waals surface area contributed by atoms with E-state index >= 15 is 0 Å². The first-order chi connectivity index (χ1) is 13.5. The summed E-state index contributed by atoms with van der Waals surface area (Å²) in [5.41, 5.74) is 3.21. The van der Waals surface area contributed by atoms with Crippen LogP contribution in [-0.4, -0.2) is 32.8 Å². The quantitative estimate of drug-likeness (QED) is 0.286. The fraction of sp³-hybridized carbons (Fsp3) is 0.409. The molecule has 0 aliphatic rings. The van der Waals surface area contributed by atoms with Crippen LogP contribution in [0.3, 0.4) is 0 Å². The molecule has 0 spiro atoms. The Bertz CT molecular complexity index is 764. The number of methoxy groups -OCH3 is 1. The maximum atomic E-state index is 5.63. The van der Waals surface area contributed by atoms with Gasteiger partial charge < -0.3 is 24.8 Å². The number of aliphatic imine (C=N–C) groups is 1. The molecule has 7 heteroatoms. The summed E-state index contributed by atoms with van der Waals surface area (Å²) in [7, 11) is 3.38. The van der Waals surface area contributed by atoms with Crippen LogP contribution in [0.5, 0.6) is 11.5 Å². The van der Waals surface area contributed by atoms with Gasteiger partial charge in [-0.2, -0.15) is 0 Å². The number of hydrogen-bond acceptors (Lipinski definition) is 4. The summed E-state index contributed by atoms with van der Waals surface area (Å²) in [4.78, 5) is 4.29. The van der Waals surface area contributed by atoms with Crippen molar-refractivity contribution in [3.63, 3.8) is 0 Å². The average Bonchev–Trinajstić information content (AvgIpc) is 2.70. The first-order valence-corrected chi connectivity index (χ1v) is 9.53. The van der Waals surface area contributed by atoms with Gasteiger partial charge in [0.2, 0.25) is 0 Å². The van der Waals surface area contributed by atoms with E-state index in [9.17, 15) is 0 Å². The number of hydrogen-bond donors (Lipinski definition) is 2. The molecule has 0 amide bonds. The summed E-state index contributed by atoms with van der Waals surface area (Å²) in [5.74, 6) is 2.08. The standard InChI is InChI=1S/C22H31N3O3.HI/c1-6-27-21-13-19(11-12-20(21)26-5)25-22(23-4)24-14-17-7-9-18(10-8-17)15-28-16(2)3;/h7-13,16H,6,14-15H2,1-5H3,(H2,23,24,25);1H. The Morgan fingerprint density at radius 1 is 1.03 bits per heavy atom. The van der Waals surface area contributed by atoms with Gasteiger partial charge >= 0.3 is 0 Å². The van der Waals surface area contributed by atoms with Gasteiger partial charge in [-0.3, -0.25) is 4.99 Å². The monoisotopic (exact) mass is 513 g/mol. The van der Waals surface area contributed by atoms with E-state index in [1.807, 2.05) is 39.0 Å². The predicted molar refractivity (Wildman–Crippen MR) is 130 cm³/mol. The van der Waals surface area contributed by atoms with Crippen LogP contribution >= 0.6 is 24.0 Å². The first-order valence-electron chi connectivity index (χ1n) is 9.53. The Morgan fingerprint density at radius 3 is 2.31 bits per heavy atom. The van der Waals surface area contributed by atoms with E-state index in [1.165, 1.54) is 11.1 Å². The van der Waals surface area contributed by atoms with Gasteiger partial charge in [0.25, 0.3) is 0 Å². The summed E-state index contributed by atoms with van der Waals surface area (Å²) < 4.78 is 16.6. The van der Waals surface area contributed by atoms with Crippen LogP contribution in [0.25, 0.3) is 0 Å². The molecule has 29 heavy (non-hydrogen) atoms. The van der Waals surface area contributed by atoms with Crippen LogP contribution in [0, 0.1) is 0 Å². The highest BCUT2D eigenvalue weighted by Gasteiger charge is 2.07. The lowest BCUT2D eigenvalue weighted by Crippen LogP contribution is -2.30. The molecule has 160 valence electrons. The van der Waals surface area contributed by atoms with E-state index in [0.29, 0.717) is 37.2 Å². The van der Waals surface area contributed by atoms with E-state index in [1.54, 1.807) is 14.2 Å². The highest BCUT2D eigenvalue weighted by Crippen LogP contribution is 2.30. The van der Waals surface area contributed by atoms with E-state index in [4.69, 9.17) is 14.2 Å². The SMILES string of the molecule is CCOc1cc(NC(=NC)NCc2ccc(COC(C)C)cc2)ccc1OC.I. The van der Waals surface area contributed by atoms with Gasteiger partial charge in [0.05, 0.1) is 26.4 Å². The summed E-state index contributed by atoms with van der Waals surface area (Å²) in [6, 6.07) is 14.1. The van der Waals surface area contributed by atoms with Crippen LogP contribution in [0.4, 0.5) is 5.69 Å². The number of guanidine groups is 1. The molecule has 0 radical (unpaired) electrons. The van der Waals surface area contributed by atoms with Crippen molar-refractivity contribution in [1.29, 1.82) is 0 Å². The average molecular weight is 513 g/mol. The number of rotatable bonds is 9. The molecule has 2 aromatic rings. The number of benzene rings is 2. The van der Waals surface area contributed by atoms with Crippen molar-refractivity contribution in [3.8, 4) is 11.5 Å². The first kappa shape index (κ1) is 25.0. The zero-order valence-electron chi connectivity index (χ0n) is 17.8. The third-order valence-corrected chi connectivity index (χ3v) is 4.02.